The standard InChI is InChI=1S/C26H30N2O5/c1-16(13-24(29)30)27-25(31)17-7-6-8-18(14-17)28-26(32)33-15-23-21-11-4-2-9-19(21)20-10-3-5-12-22(20)23/h2-5,9-12,16-18,23H,6-8,13-15H2,1H3,(H,27,31)(H,28,32)(H,29,30)/t16-,17?,18?/m0/s1. The molecule has 0 saturated heterocycles. The molecule has 2 aromatic carbocycles. The average Bonchev–Trinajstić information content (AvgIpc) is 3.11. The van der Waals surface area contributed by atoms with Crippen molar-refractivity contribution < 1.29 is 24.2 Å². The summed E-state index contributed by atoms with van der Waals surface area (Å²) < 4.78 is 5.63. The van der Waals surface area contributed by atoms with Crippen LogP contribution in [-0.2, 0) is 14.3 Å². The van der Waals surface area contributed by atoms with Crippen LogP contribution in [0.25, 0.3) is 11.1 Å². The molecule has 2 unspecified atom stereocenters. The van der Waals surface area contributed by atoms with Crippen LogP contribution in [0.2, 0.25) is 0 Å². The molecule has 33 heavy (non-hydrogen) atoms. The van der Waals surface area contributed by atoms with Crippen LogP contribution in [0.5, 0.6) is 0 Å². The topological polar surface area (TPSA) is 105 Å². The predicted octanol–water partition coefficient (Wildman–Crippen LogP) is 4.06. The number of benzene rings is 2. The molecule has 0 heterocycles. The normalized spacial score (nSPS) is 20.3. The maximum atomic E-state index is 12.6. The number of alkyl carbamates (subject to hydrolysis) is 1. The summed E-state index contributed by atoms with van der Waals surface area (Å²) in [7, 11) is 0. The number of aliphatic carboxylic acids is 1. The molecule has 2 aromatic rings. The van der Waals surface area contributed by atoms with Gasteiger partial charge in [-0.3, -0.25) is 9.59 Å². The number of fused-ring (bicyclic) bond motifs is 3. The van der Waals surface area contributed by atoms with Gasteiger partial charge in [-0.25, -0.2) is 4.79 Å². The molecule has 7 heteroatoms. The molecular formula is C26H30N2O5. The highest BCUT2D eigenvalue weighted by atomic mass is 16.5. The quantitative estimate of drug-likeness (QED) is 0.590. The van der Waals surface area contributed by atoms with Crippen LogP contribution in [0.4, 0.5) is 4.79 Å². The molecule has 7 nitrogen and oxygen atoms in total. The third kappa shape index (κ3) is 5.35. The number of carboxylic acid groups (broad SMARTS) is 1. The van der Waals surface area contributed by atoms with Gasteiger partial charge < -0.3 is 20.5 Å². The van der Waals surface area contributed by atoms with E-state index in [0.717, 1.165) is 30.4 Å². The van der Waals surface area contributed by atoms with Gasteiger partial charge in [0.15, 0.2) is 0 Å². The molecule has 4 rings (SSSR count). The zero-order valence-electron chi connectivity index (χ0n) is 18.8. The molecule has 0 radical (unpaired) electrons. The first-order chi connectivity index (χ1) is 15.9. The lowest BCUT2D eigenvalue weighted by molar-refractivity contribution is -0.137. The fourth-order valence-electron chi connectivity index (χ4n) is 5.04. The van der Waals surface area contributed by atoms with Gasteiger partial charge in [0.05, 0.1) is 6.42 Å². The number of carbonyl (C=O) groups excluding carboxylic acids is 2. The summed E-state index contributed by atoms with van der Waals surface area (Å²) in [6.45, 7) is 1.93. The summed E-state index contributed by atoms with van der Waals surface area (Å²) in [5.74, 6) is -1.33. The molecule has 2 amide bonds. The Bertz CT molecular complexity index is 991. The second-order valence-electron chi connectivity index (χ2n) is 9.04. The molecule has 3 atom stereocenters. The van der Waals surface area contributed by atoms with Crippen LogP contribution in [-0.4, -0.2) is 41.8 Å². The summed E-state index contributed by atoms with van der Waals surface area (Å²) in [4.78, 5) is 35.9. The van der Waals surface area contributed by atoms with Crippen LogP contribution in [0.15, 0.2) is 48.5 Å². The number of hydrogen-bond acceptors (Lipinski definition) is 4. The SMILES string of the molecule is C[C@@H](CC(=O)O)NC(=O)C1CCCC(NC(=O)OCC2c3ccccc3-c3ccccc32)C1. The molecule has 0 spiro atoms. The van der Waals surface area contributed by atoms with Crippen molar-refractivity contribution in [1.82, 2.24) is 10.6 Å². The van der Waals surface area contributed by atoms with Gasteiger partial charge in [-0.15, -0.1) is 0 Å². The third-order valence-corrected chi connectivity index (χ3v) is 6.58. The van der Waals surface area contributed by atoms with Crippen molar-refractivity contribution in [2.24, 2.45) is 5.92 Å². The minimum absolute atomic E-state index is 0.00348. The van der Waals surface area contributed by atoms with Crippen LogP contribution in [0, 0.1) is 5.92 Å². The Morgan fingerprint density at radius 1 is 1.03 bits per heavy atom. The van der Waals surface area contributed by atoms with Crippen LogP contribution < -0.4 is 10.6 Å². The van der Waals surface area contributed by atoms with Crippen molar-refractivity contribution >= 4 is 18.0 Å². The van der Waals surface area contributed by atoms with Gasteiger partial charge in [0, 0.05) is 23.9 Å². The number of nitrogens with one attached hydrogen (secondary N) is 2. The van der Waals surface area contributed by atoms with Crippen LogP contribution in [0.3, 0.4) is 0 Å². The fraction of sp³-hybridized carbons (Fsp3) is 0.423. The van der Waals surface area contributed by atoms with Gasteiger partial charge in [0.1, 0.15) is 6.61 Å². The lowest BCUT2D eigenvalue weighted by atomic mass is 9.85. The first-order valence-corrected chi connectivity index (χ1v) is 11.6. The van der Waals surface area contributed by atoms with Crippen molar-refractivity contribution in [2.45, 2.75) is 57.0 Å². The van der Waals surface area contributed by atoms with Gasteiger partial charge in [-0.2, -0.15) is 0 Å². The highest BCUT2D eigenvalue weighted by Crippen LogP contribution is 2.44. The Hall–Kier alpha value is -3.35. The van der Waals surface area contributed by atoms with E-state index < -0.39 is 18.1 Å². The molecular weight excluding hydrogens is 420 g/mol. The van der Waals surface area contributed by atoms with E-state index in [2.05, 4.69) is 34.9 Å². The number of rotatable bonds is 7. The van der Waals surface area contributed by atoms with Gasteiger partial charge in [0.25, 0.3) is 0 Å². The van der Waals surface area contributed by atoms with Gasteiger partial charge in [0.2, 0.25) is 5.91 Å². The summed E-state index contributed by atoms with van der Waals surface area (Å²) in [6, 6.07) is 15.8. The minimum Gasteiger partial charge on any atom is -0.481 e. The van der Waals surface area contributed by atoms with Crippen molar-refractivity contribution in [2.75, 3.05) is 6.61 Å². The Balaban J connectivity index is 1.30. The van der Waals surface area contributed by atoms with Gasteiger partial charge in [-0.1, -0.05) is 55.0 Å². The predicted molar refractivity (Wildman–Crippen MR) is 124 cm³/mol. The molecule has 0 bridgehead atoms. The number of ether oxygens (including phenoxy) is 1. The maximum absolute atomic E-state index is 12.6. The number of amides is 2. The number of carbonyl (C=O) groups is 3. The molecule has 0 aromatic heterocycles. The zero-order valence-corrected chi connectivity index (χ0v) is 18.8. The molecule has 3 N–H and O–H groups in total. The van der Waals surface area contributed by atoms with Crippen LogP contribution in [0.1, 0.15) is 56.1 Å². The second-order valence-corrected chi connectivity index (χ2v) is 9.04. The Labute approximate surface area is 193 Å². The van der Waals surface area contributed by atoms with E-state index in [1.54, 1.807) is 6.92 Å². The van der Waals surface area contributed by atoms with Gasteiger partial charge >= 0.3 is 12.1 Å². The maximum Gasteiger partial charge on any atom is 0.407 e. The van der Waals surface area contributed by atoms with Crippen LogP contribution >= 0.6 is 0 Å². The lowest BCUT2D eigenvalue weighted by Gasteiger charge is -2.29. The smallest absolute Gasteiger partial charge is 0.407 e. The van der Waals surface area contributed by atoms with Crippen molar-refractivity contribution in [3.63, 3.8) is 0 Å². The monoisotopic (exact) mass is 450 g/mol. The zero-order chi connectivity index (χ0) is 23.4. The van der Waals surface area contributed by atoms with Crippen molar-refractivity contribution in [3.8, 4) is 11.1 Å². The van der Waals surface area contributed by atoms with E-state index in [0.29, 0.717) is 6.42 Å². The molecule has 2 aliphatic rings. The molecule has 0 aliphatic heterocycles. The van der Waals surface area contributed by atoms with Crippen molar-refractivity contribution in [1.29, 1.82) is 0 Å². The lowest BCUT2D eigenvalue weighted by Crippen LogP contribution is -2.44. The van der Waals surface area contributed by atoms with E-state index in [1.807, 2.05) is 24.3 Å². The highest BCUT2D eigenvalue weighted by molar-refractivity contribution is 5.80. The Morgan fingerprint density at radius 2 is 1.67 bits per heavy atom. The fourth-order valence-corrected chi connectivity index (χ4v) is 5.04. The molecule has 1 fully saturated rings. The summed E-state index contributed by atoms with van der Waals surface area (Å²) in [5, 5.41) is 14.6. The Morgan fingerprint density at radius 3 is 2.30 bits per heavy atom. The molecule has 2 aliphatic carbocycles. The number of hydrogen-bond donors (Lipinski definition) is 3. The largest absolute Gasteiger partial charge is 0.481 e. The van der Waals surface area contributed by atoms with E-state index in [1.165, 1.54) is 11.1 Å². The third-order valence-electron chi connectivity index (χ3n) is 6.58. The highest BCUT2D eigenvalue weighted by Gasteiger charge is 2.31. The van der Waals surface area contributed by atoms with E-state index in [9.17, 15) is 14.4 Å². The first kappa shape index (κ1) is 22.8. The first-order valence-electron chi connectivity index (χ1n) is 11.6. The minimum atomic E-state index is -0.943. The summed E-state index contributed by atoms with van der Waals surface area (Å²) in [6.07, 6.45) is 2.28. The van der Waals surface area contributed by atoms with E-state index >= 15 is 0 Å². The molecule has 1 saturated carbocycles. The average molecular weight is 451 g/mol. The van der Waals surface area contributed by atoms with E-state index in [4.69, 9.17) is 9.84 Å². The van der Waals surface area contributed by atoms with E-state index in [-0.39, 0.29) is 36.8 Å². The van der Waals surface area contributed by atoms with Gasteiger partial charge in [-0.05, 0) is 48.4 Å². The molecule has 174 valence electrons. The summed E-state index contributed by atoms with van der Waals surface area (Å²) in [5.41, 5.74) is 4.69. The number of carboxylic acids is 1. The second kappa shape index (κ2) is 10.1. The van der Waals surface area contributed by atoms with Crippen molar-refractivity contribution in [3.05, 3.63) is 59.7 Å². The Kier molecular flexibility index (Phi) is 6.96. The summed E-state index contributed by atoms with van der Waals surface area (Å²) >= 11 is 0.